The molecule has 0 spiro atoms. The quantitative estimate of drug-likeness (QED) is 0.912. The zero-order chi connectivity index (χ0) is 14.1. The van der Waals surface area contributed by atoms with Gasteiger partial charge in [-0.15, -0.1) is 0 Å². The van der Waals surface area contributed by atoms with Crippen molar-refractivity contribution in [3.63, 3.8) is 0 Å². The number of aromatic nitrogens is 1. The van der Waals surface area contributed by atoms with E-state index in [4.69, 9.17) is 9.72 Å². The number of pyridine rings is 1. The summed E-state index contributed by atoms with van der Waals surface area (Å²) in [4.78, 5) is 6.97. The summed E-state index contributed by atoms with van der Waals surface area (Å²) < 4.78 is 5.23. The first-order chi connectivity index (χ1) is 9.67. The Kier molecular flexibility index (Phi) is 3.49. The molecule has 1 aromatic carbocycles. The summed E-state index contributed by atoms with van der Waals surface area (Å²) >= 11 is 0. The van der Waals surface area contributed by atoms with Crippen LogP contribution in [0.2, 0.25) is 0 Å². The molecule has 0 bridgehead atoms. The van der Waals surface area contributed by atoms with Crippen LogP contribution < -0.4 is 9.64 Å². The Hall–Kier alpha value is -1.81. The third-order valence-electron chi connectivity index (χ3n) is 4.07. The van der Waals surface area contributed by atoms with E-state index in [0.717, 1.165) is 42.0 Å². The number of aliphatic hydroxyl groups is 1. The van der Waals surface area contributed by atoms with Crippen LogP contribution >= 0.6 is 0 Å². The van der Waals surface area contributed by atoms with Gasteiger partial charge in [-0.25, -0.2) is 4.98 Å². The number of aliphatic hydroxyl groups excluding tert-OH is 1. The number of benzene rings is 1. The Morgan fingerprint density at radius 1 is 1.30 bits per heavy atom. The second-order valence-corrected chi connectivity index (χ2v) is 5.51. The van der Waals surface area contributed by atoms with Crippen LogP contribution in [0.3, 0.4) is 0 Å². The van der Waals surface area contributed by atoms with Crippen LogP contribution in [0.1, 0.15) is 13.3 Å². The highest BCUT2D eigenvalue weighted by molar-refractivity contribution is 5.81. The molecule has 2 aromatic rings. The predicted octanol–water partition coefficient (Wildman–Crippen LogP) is 2.45. The molecule has 0 radical (unpaired) electrons. The van der Waals surface area contributed by atoms with E-state index in [9.17, 15) is 5.11 Å². The van der Waals surface area contributed by atoms with Gasteiger partial charge < -0.3 is 14.7 Å². The molecule has 1 N–H and O–H groups in total. The summed E-state index contributed by atoms with van der Waals surface area (Å²) in [5.41, 5.74) is 0.974. The lowest BCUT2D eigenvalue weighted by atomic mass is 9.97. The number of rotatable bonds is 2. The molecule has 1 saturated heterocycles. The SMILES string of the molecule is COc1ccc2nc(N3CCC(O)C(C)C3)ccc2c1. The number of hydrogen-bond acceptors (Lipinski definition) is 4. The fraction of sp³-hybridized carbons (Fsp3) is 0.438. The van der Waals surface area contributed by atoms with E-state index in [1.165, 1.54) is 0 Å². The van der Waals surface area contributed by atoms with Crippen LogP contribution in [0, 0.1) is 5.92 Å². The van der Waals surface area contributed by atoms with Gasteiger partial charge in [0, 0.05) is 18.5 Å². The predicted molar refractivity (Wildman–Crippen MR) is 80.3 cm³/mol. The molecule has 106 valence electrons. The van der Waals surface area contributed by atoms with E-state index in [2.05, 4.69) is 17.9 Å². The maximum Gasteiger partial charge on any atom is 0.129 e. The summed E-state index contributed by atoms with van der Waals surface area (Å²) in [6.45, 7) is 3.80. The van der Waals surface area contributed by atoms with E-state index in [0.29, 0.717) is 0 Å². The zero-order valence-electron chi connectivity index (χ0n) is 11.9. The van der Waals surface area contributed by atoms with Gasteiger partial charge in [0.15, 0.2) is 0 Å². The minimum absolute atomic E-state index is 0.184. The fourth-order valence-electron chi connectivity index (χ4n) is 2.74. The van der Waals surface area contributed by atoms with Crippen molar-refractivity contribution in [2.75, 3.05) is 25.1 Å². The Morgan fingerprint density at radius 3 is 2.90 bits per heavy atom. The minimum Gasteiger partial charge on any atom is -0.497 e. The van der Waals surface area contributed by atoms with Gasteiger partial charge in [-0.2, -0.15) is 0 Å². The van der Waals surface area contributed by atoms with Gasteiger partial charge in [0.25, 0.3) is 0 Å². The number of nitrogens with zero attached hydrogens (tertiary/aromatic N) is 2. The molecule has 2 unspecified atom stereocenters. The largest absolute Gasteiger partial charge is 0.497 e. The van der Waals surface area contributed by atoms with Gasteiger partial charge in [-0.1, -0.05) is 6.92 Å². The van der Waals surface area contributed by atoms with E-state index in [1.807, 2.05) is 24.3 Å². The average Bonchev–Trinajstić information content (AvgIpc) is 2.49. The first-order valence-electron chi connectivity index (χ1n) is 7.05. The van der Waals surface area contributed by atoms with Crippen LogP contribution in [-0.2, 0) is 0 Å². The lowest BCUT2D eigenvalue weighted by Gasteiger charge is -2.35. The lowest BCUT2D eigenvalue weighted by Crippen LogP contribution is -2.42. The number of anilines is 1. The van der Waals surface area contributed by atoms with Crippen LogP contribution in [0.4, 0.5) is 5.82 Å². The van der Waals surface area contributed by atoms with Crippen molar-refractivity contribution in [1.82, 2.24) is 4.98 Å². The van der Waals surface area contributed by atoms with Crippen LogP contribution in [0.25, 0.3) is 10.9 Å². The molecule has 2 atom stereocenters. The smallest absolute Gasteiger partial charge is 0.129 e. The number of piperidine rings is 1. The van der Waals surface area contributed by atoms with Crippen molar-refractivity contribution in [3.8, 4) is 5.75 Å². The maximum atomic E-state index is 9.81. The Morgan fingerprint density at radius 2 is 2.15 bits per heavy atom. The lowest BCUT2D eigenvalue weighted by molar-refractivity contribution is 0.0969. The molecule has 0 aliphatic carbocycles. The van der Waals surface area contributed by atoms with Crippen molar-refractivity contribution in [2.24, 2.45) is 5.92 Å². The Labute approximate surface area is 119 Å². The molecule has 4 nitrogen and oxygen atoms in total. The van der Waals surface area contributed by atoms with Crippen LogP contribution in [-0.4, -0.2) is 36.4 Å². The highest BCUT2D eigenvalue weighted by Gasteiger charge is 2.24. The topological polar surface area (TPSA) is 45.6 Å². The molecule has 3 rings (SSSR count). The highest BCUT2D eigenvalue weighted by atomic mass is 16.5. The number of hydrogen-bond donors (Lipinski definition) is 1. The second kappa shape index (κ2) is 5.29. The van der Waals surface area contributed by atoms with E-state index in [1.54, 1.807) is 7.11 Å². The summed E-state index contributed by atoms with van der Waals surface area (Å²) in [6, 6.07) is 10.0. The molecule has 2 heterocycles. The molecular weight excluding hydrogens is 252 g/mol. The Balaban J connectivity index is 1.89. The molecule has 0 saturated carbocycles. The second-order valence-electron chi connectivity index (χ2n) is 5.51. The first kappa shape index (κ1) is 13.2. The third-order valence-corrected chi connectivity index (χ3v) is 4.07. The van der Waals surface area contributed by atoms with Crippen molar-refractivity contribution >= 4 is 16.7 Å². The fourth-order valence-corrected chi connectivity index (χ4v) is 2.74. The summed E-state index contributed by atoms with van der Waals surface area (Å²) in [6.07, 6.45) is 0.625. The summed E-state index contributed by atoms with van der Waals surface area (Å²) in [5.74, 6) is 2.13. The standard InChI is InChI=1S/C16H20N2O2/c1-11-10-18(8-7-15(11)19)16-6-3-12-9-13(20-2)4-5-14(12)17-16/h3-6,9,11,15,19H,7-8,10H2,1-2H3. The average molecular weight is 272 g/mol. The van der Waals surface area contributed by atoms with Gasteiger partial charge in [-0.3, -0.25) is 0 Å². The number of fused-ring (bicyclic) bond motifs is 1. The van der Waals surface area contributed by atoms with Gasteiger partial charge >= 0.3 is 0 Å². The molecule has 1 aliphatic heterocycles. The van der Waals surface area contributed by atoms with Crippen molar-refractivity contribution < 1.29 is 9.84 Å². The van der Waals surface area contributed by atoms with Crippen molar-refractivity contribution in [2.45, 2.75) is 19.4 Å². The monoisotopic (exact) mass is 272 g/mol. The normalized spacial score (nSPS) is 23.1. The van der Waals surface area contributed by atoms with Crippen LogP contribution in [0.5, 0.6) is 5.75 Å². The number of ether oxygens (including phenoxy) is 1. The van der Waals surface area contributed by atoms with Crippen molar-refractivity contribution in [1.29, 1.82) is 0 Å². The summed E-state index contributed by atoms with van der Waals surface area (Å²) in [7, 11) is 1.67. The Bertz CT molecular complexity index is 614. The van der Waals surface area contributed by atoms with E-state index >= 15 is 0 Å². The summed E-state index contributed by atoms with van der Waals surface area (Å²) in [5, 5.41) is 10.9. The first-order valence-corrected chi connectivity index (χ1v) is 7.05. The molecule has 1 fully saturated rings. The van der Waals surface area contributed by atoms with Crippen molar-refractivity contribution in [3.05, 3.63) is 30.3 Å². The van der Waals surface area contributed by atoms with Crippen LogP contribution in [0.15, 0.2) is 30.3 Å². The van der Waals surface area contributed by atoms with Gasteiger partial charge in [0.2, 0.25) is 0 Å². The molecule has 20 heavy (non-hydrogen) atoms. The maximum absolute atomic E-state index is 9.81. The highest BCUT2D eigenvalue weighted by Crippen LogP contribution is 2.25. The zero-order valence-corrected chi connectivity index (χ0v) is 11.9. The molecule has 1 aromatic heterocycles. The molecule has 4 heteroatoms. The minimum atomic E-state index is -0.184. The number of methoxy groups -OCH3 is 1. The van der Waals surface area contributed by atoms with E-state index < -0.39 is 0 Å². The molecule has 0 amide bonds. The molecule has 1 aliphatic rings. The van der Waals surface area contributed by atoms with E-state index in [-0.39, 0.29) is 12.0 Å². The van der Waals surface area contributed by atoms with Gasteiger partial charge in [0.05, 0.1) is 18.7 Å². The van der Waals surface area contributed by atoms with Gasteiger partial charge in [-0.05, 0) is 42.7 Å². The molecular formula is C16H20N2O2. The third kappa shape index (κ3) is 2.43. The van der Waals surface area contributed by atoms with Gasteiger partial charge in [0.1, 0.15) is 11.6 Å².